The Labute approximate surface area is 167 Å². The number of benzene rings is 2. The molecule has 0 spiro atoms. The third-order valence-electron chi connectivity index (χ3n) is 4.83. The number of nitrogens with one attached hydrogen (secondary N) is 2. The number of aromatic amines is 1. The van der Waals surface area contributed by atoms with Gasteiger partial charge in [0.25, 0.3) is 0 Å². The molecular formula is C20H19ClN4OS. The number of rotatable bonds is 4. The number of hydrogen-bond donors (Lipinski definition) is 2. The van der Waals surface area contributed by atoms with Gasteiger partial charge in [0.1, 0.15) is 6.54 Å². The van der Waals surface area contributed by atoms with Gasteiger partial charge in [0.15, 0.2) is 10.6 Å². The molecule has 0 atom stereocenters. The Bertz CT molecular complexity index is 1040. The minimum Gasteiger partial charge on any atom is -0.324 e. The lowest BCUT2D eigenvalue weighted by Crippen LogP contribution is -2.21. The maximum atomic E-state index is 12.7. The van der Waals surface area contributed by atoms with Crippen LogP contribution in [0.2, 0.25) is 5.02 Å². The van der Waals surface area contributed by atoms with E-state index in [1.165, 1.54) is 17.5 Å². The van der Waals surface area contributed by atoms with Crippen LogP contribution >= 0.6 is 23.8 Å². The van der Waals surface area contributed by atoms with Crippen LogP contribution in [0, 0.1) is 4.77 Å². The minimum absolute atomic E-state index is 0.0942. The summed E-state index contributed by atoms with van der Waals surface area (Å²) in [4.78, 5) is 12.7. The first-order valence-electron chi connectivity index (χ1n) is 8.93. The Morgan fingerprint density at radius 2 is 1.96 bits per heavy atom. The fourth-order valence-corrected chi connectivity index (χ4v) is 3.84. The molecule has 4 rings (SSSR count). The Morgan fingerprint density at radius 1 is 1.19 bits per heavy atom. The molecule has 1 amide bonds. The van der Waals surface area contributed by atoms with Gasteiger partial charge in [-0.15, -0.1) is 0 Å². The van der Waals surface area contributed by atoms with Crippen LogP contribution in [0.1, 0.15) is 24.0 Å². The summed E-state index contributed by atoms with van der Waals surface area (Å²) in [7, 11) is 0. The zero-order valence-electron chi connectivity index (χ0n) is 14.7. The molecule has 138 valence electrons. The molecule has 2 aromatic carbocycles. The number of carbonyl (C=O) groups excluding carboxylic acids is 1. The standard InChI is InChI=1S/C20H19ClN4OS/c21-15-10-8-14(9-11-15)19-23-24-20(27)25(19)12-18(26)22-17-7-3-5-13-4-1-2-6-16(13)17/h3,5,7-11H,1-2,4,6,12H2,(H,22,26)(H,24,27). The summed E-state index contributed by atoms with van der Waals surface area (Å²) in [5.74, 6) is 0.489. The molecule has 0 saturated heterocycles. The summed E-state index contributed by atoms with van der Waals surface area (Å²) in [5.41, 5.74) is 4.34. The largest absolute Gasteiger partial charge is 0.324 e. The average molecular weight is 399 g/mol. The molecule has 2 N–H and O–H groups in total. The molecule has 5 nitrogen and oxygen atoms in total. The summed E-state index contributed by atoms with van der Waals surface area (Å²) in [5, 5.41) is 10.7. The van der Waals surface area contributed by atoms with E-state index in [-0.39, 0.29) is 12.5 Å². The molecule has 27 heavy (non-hydrogen) atoms. The van der Waals surface area contributed by atoms with Crippen LogP contribution in [0.5, 0.6) is 0 Å². The second-order valence-corrected chi connectivity index (χ2v) is 7.47. The van der Waals surface area contributed by atoms with Crippen molar-refractivity contribution in [2.24, 2.45) is 0 Å². The van der Waals surface area contributed by atoms with Gasteiger partial charge >= 0.3 is 0 Å². The molecule has 0 unspecified atom stereocenters. The molecule has 1 heterocycles. The fraction of sp³-hybridized carbons (Fsp3) is 0.250. The van der Waals surface area contributed by atoms with Gasteiger partial charge in [-0.3, -0.25) is 14.5 Å². The van der Waals surface area contributed by atoms with Crippen molar-refractivity contribution in [1.29, 1.82) is 0 Å². The van der Waals surface area contributed by atoms with Crippen LogP contribution < -0.4 is 5.32 Å². The van der Waals surface area contributed by atoms with Crippen molar-refractivity contribution in [3.8, 4) is 11.4 Å². The van der Waals surface area contributed by atoms with E-state index in [1.807, 2.05) is 24.3 Å². The van der Waals surface area contributed by atoms with Gasteiger partial charge in [-0.2, -0.15) is 5.10 Å². The number of aromatic nitrogens is 3. The molecule has 1 aromatic heterocycles. The maximum Gasteiger partial charge on any atom is 0.244 e. The second kappa shape index (κ2) is 7.66. The first-order valence-corrected chi connectivity index (χ1v) is 9.72. The van der Waals surface area contributed by atoms with E-state index in [2.05, 4.69) is 21.6 Å². The van der Waals surface area contributed by atoms with Crippen molar-refractivity contribution >= 4 is 35.4 Å². The summed E-state index contributed by atoms with van der Waals surface area (Å²) in [6.45, 7) is 0.0942. The highest BCUT2D eigenvalue weighted by atomic mass is 35.5. The highest BCUT2D eigenvalue weighted by Crippen LogP contribution is 2.28. The van der Waals surface area contributed by atoms with Crippen LogP contribution in [0.15, 0.2) is 42.5 Å². The maximum absolute atomic E-state index is 12.7. The molecule has 0 fully saturated rings. The molecule has 3 aromatic rings. The van der Waals surface area contributed by atoms with Crippen molar-refractivity contribution in [1.82, 2.24) is 14.8 Å². The molecule has 1 aliphatic rings. The molecule has 0 saturated carbocycles. The molecule has 0 aliphatic heterocycles. The Kier molecular flexibility index (Phi) is 5.09. The lowest BCUT2D eigenvalue weighted by Gasteiger charge is -2.19. The van der Waals surface area contributed by atoms with Crippen molar-refractivity contribution < 1.29 is 4.79 Å². The van der Waals surface area contributed by atoms with E-state index >= 15 is 0 Å². The van der Waals surface area contributed by atoms with E-state index in [4.69, 9.17) is 23.8 Å². The lowest BCUT2D eigenvalue weighted by atomic mass is 9.90. The highest BCUT2D eigenvalue weighted by molar-refractivity contribution is 7.71. The number of nitrogens with zero attached hydrogens (tertiary/aromatic N) is 2. The van der Waals surface area contributed by atoms with E-state index in [0.29, 0.717) is 15.6 Å². The van der Waals surface area contributed by atoms with E-state index in [0.717, 1.165) is 30.5 Å². The second-order valence-electron chi connectivity index (χ2n) is 6.64. The minimum atomic E-state index is -0.123. The van der Waals surface area contributed by atoms with Crippen LogP contribution in [-0.4, -0.2) is 20.7 Å². The number of carbonyl (C=O) groups is 1. The van der Waals surface area contributed by atoms with E-state index in [1.54, 1.807) is 16.7 Å². The van der Waals surface area contributed by atoms with Crippen molar-refractivity contribution in [3.05, 3.63) is 63.4 Å². The van der Waals surface area contributed by atoms with Crippen molar-refractivity contribution in [2.75, 3.05) is 5.32 Å². The van der Waals surface area contributed by atoms with Crippen LogP contribution in [0.25, 0.3) is 11.4 Å². The van der Waals surface area contributed by atoms with Crippen LogP contribution in [0.3, 0.4) is 0 Å². The third kappa shape index (κ3) is 3.82. The van der Waals surface area contributed by atoms with E-state index in [9.17, 15) is 4.79 Å². The summed E-state index contributed by atoms with van der Waals surface area (Å²) in [6, 6.07) is 13.4. The topological polar surface area (TPSA) is 62.7 Å². The zero-order chi connectivity index (χ0) is 18.8. The predicted molar refractivity (Wildman–Crippen MR) is 110 cm³/mol. The van der Waals surface area contributed by atoms with Crippen molar-refractivity contribution in [3.63, 3.8) is 0 Å². The Morgan fingerprint density at radius 3 is 2.78 bits per heavy atom. The monoisotopic (exact) mass is 398 g/mol. The van der Waals surface area contributed by atoms with Gasteiger partial charge < -0.3 is 5.32 Å². The van der Waals surface area contributed by atoms with Gasteiger partial charge in [0.05, 0.1) is 0 Å². The average Bonchev–Trinajstić information content (AvgIpc) is 3.03. The quantitative estimate of drug-likeness (QED) is 0.622. The highest BCUT2D eigenvalue weighted by Gasteiger charge is 2.16. The number of halogens is 1. The molecule has 7 heteroatoms. The van der Waals surface area contributed by atoms with Gasteiger partial charge in [-0.25, -0.2) is 0 Å². The summed E-state index contributed by atoms with van der Waals surface area (Å²) in [6.07, 6.45) is 4.45. The fourth-order valence-electron chi connectivity index (χ4n) is 3.52. The third-order valence-corrected chi connectivity index (χ3v) is 5.40. The SMILES string of the molecule is O=C(Cn1c(-c2ccc(Cl)cc2)n[nH]c1=S)Nc1cccc2c1CCCC2. The molecule has 0 radical (unpaired) electrons. The number of hydrogen-bond acceptors (Lipinski definition) is 3. The molecular weight excluding hydrogens is 380 g/mol. The van der Waals surface area contributed by atoms with Gasteiger partial charge in [0.2, 0.25) is 5.91 Å². The number of fused-ring (bicyclic) bond motifs is 1. The summed E-state index contributed by atoms with van der Waals surface area (Å²) >= 11 is 11.3. The van der Waals surface area contributed by atoms with Gasteiger partial charge in [0, 0.05) is 16.3 Å². The van der Waals surface area contributed by atoms with Gasteiger partial charge in [-0.05, 0) is 79.4 Å². The normalized spacial score (nSPS) is 13.2. The smallest absolute Gasteiger partial charge is 0.244 e. The number of amides is 1. The Balaban J connectivity index is 1.57. The molecule has 1 aliphatic carbocycles. The number of anilines is 1. The Hall–Kier alpha value is -2.44. The summed E-state index contributed by atoms with van der Waals surface area (Å²) < 4.78 is 2.11. The number of aryl methyl sites for hydroxylation is 1. The zero-order valence-corrected chi connectivity index (χ0v) is 16.2. The predicted octanol–water partition coefficient (Wildman–Crippen LogP) is 4.78. The molecule has 0 bridgehead atoms. The van der Waals surface area contributed by atoms with E-state index < -0.39 is 0 Å². The van der Waals surface area contributed by atoms with Gasteiger partial charge in [-0.1, -0.05) is 23.7 Å². The van der Waals surface area contributed by atoms with Crippen LogP contribution in [0.4, 0.5) is 5.69 Å². The first kappa shape index (κ1) is 17.9. The lowest BCUT2D eigenvalue weighted by molar-refractivity contribution is -0.116. The number of H-pyrrole nitrogens is 1. The van der Waals surface area contributed by atoms with Crippen molar-refractivity contribution in [2.45, 2.75) is 32.2 Å². The van der Waals surface area contributed by atoms with Crippen LogP contribution in [-0.2, 0) is 24.2 Å². The first-order chi connectivity index (χ1) is 13.1.